The molecule has 3 aromatic carbocycles. The number of ether oxygens (including phenoxy) is 1. The summed E-state index contributed by atoms with van der Waals surface area (Å²) >= 11 is 1.38. The van der Waals surface area contributed by atoms with Crippen molar-refractivity contribution in [2.75, 3.05) is 46.0 Å². The molecular weight excluding hydrogens is 683 g/mol. The Labute approximate surface area is 307 Å². The van der Waals surface area contributed by atoms with Crippen LogP contribution in [0.1, 0.15) is 30.5 Å². The van der Waals surface area contributed by atoms with Crippen molar-refractivity contribution in [2.45, 2.75) is 51.6 Å². The smallest absolute Gasteiger partial charge is 0.410 e. The maximum Gasteiger partial charge on any atom is 0.412 e. The van der Waals surface area contributed by atoms with Gasteiger partial charge in [-0.1, -0.05) is 65.9 Å². The Balaban J connectivity index is 1.26. The molecule has 14 nitrogen and oxygen atoms in total. The van der Waals surface area contributed by atoms with Gasteiger partial charge in [-0.05, 0) is 62.8 Å². The zero-order valence-corrected chi connectivity index (χ0v) is 30.6. The highest BCUT2D eigenvalue weighted by molar-refractivity contribution is 7.22. The lowest BCUT2D eigenvalue weighted by atomic mass is 9.99. The second-order valence-electron chi connectivity index (χ2n) is 13.5. The quantitative estimate of drug-likeness (QED) is 0.199. The zero-order chi connectivity index (χ0) is 36.9. The van der Waals surface area contributed by atoms with Gasteiger partial charge in [-0.25, -0.2) is 14.6 Å². The fourth-order valence-corrected chi connectivity index (χ4v) is 7.45. The van der Waals surface area contributed by atoms with Crippen LogP contribution in [0.5, 0.6) is 5.75 Å². The predicted octanol–water partition coefficient (Wildman–Crippen LogP) is 3.49. The molecule has 0 bridgehead atoms. The molecule has 2 atom stereocenters. The number of thiazole rings is 1. The van der Waals surface area contributed by atoms with E-state index in [9.17, 15) is 19.2 Å². The van der Waals surface area contributed by atoms with Gasteiger partial charge in [0.05, 0.1) is 23.3 Å². The number of carbonyl (C=O) groups excluding carboxylic acids is 4. The molecule has 2 fully saturated rings. The Kier molecular flexibility index (Phi) is 11.2. The number of anilines is 1. The number of nitrogens with zero attached hydrogens (tertiary/aromatic N) is 6. The summed E-state index contributed by atoms with van der Waals surface area (Å²) < 4.78 is 6.35. The number of likely N-dealkylation sites (N-methyl/N-ethyl adjacent to an activating group) is 1. The fraction of sp³-hybridized carbons (Fsp3) is 0.378. The first kappa shape index (κ1) is 36.5. The van der Waals surface area contributed by atoms with Gasteiger partial charge in [0.15, 0.2) is 5.13 Å². The largest absolute Gasteiger partial charge is 0.412 e. The average Bonchev–Trinajstić information content (AvgIpc) is 3.65. The lowest BCUT2D eigenvalue weighted by molar-refractivity contribution is -0.158. The molecule has 0 aliphatic carbocycles. The number of urea groups is 1. The molecule has 5 amide bonds. The van der Waals surface area contributed by atoms with Crippen molar-refractivity contribution in [1.82, 2.24) is 40.3 Å². The van der Waals surface area contributed by atoms with Gasteiger partial charge < -0.3 is 35.8 Å². The summed E-state index contributed by atoms with van der Waals surface area (Å²) in [6, 6.07) is 20.9. The Morgan fingerprint density at radius 3 is 2.46 bits per heavy atom. The van der Waals surface area contributed by atoms with Crippen molar-refractivity contribution in [3.63, 3.8) is 0 Å². The van der Waals surface area contributed by atoms with Crippen molar-refractivity contribution in [1.29, 1.82) is 0 Å². The first-order valence-corrected chi connectivity index (χ1v) is 18.1. The minimum atomic E-state index is -0.849. The molecule has 274 valence electrons. The Bertz CT molecular complexity index is 1900. The molecular formula is C37H45N9O5S. The van der Waals surface area contributed by atoms with E-state index >= 15 is 0 Å². The number of hydrogen-bond donors (Lipinski definition) is 3. The van der Waals surface area contributed by atoms with Gasteiger partial charge in [-0.2, -0.15) is 5.01 Å². The molecule has 4 N–H and O–H groups in total. The first-order valence-electron chi connectivity index (χ1n) is 17.3. The number of nitrogens with two attached hydrogens (primary N) is 1. The van der Waals surface area contributed by atoms with Crippen LogP contribution in [0.4, 0.5) is 14.7 Å². The van der Waals surface area contributed by atoms with Crippen molar-refractivity contribution in [3.8, 4) is 5.75 Å². The van der Waals surface area contributed by atoms with E-state index in [1.165, 1.54) is 11.3 Å². The SMILES string of the molecule is CC(C)N(C(=O)NCc1ccccc1)N1CC(=O)N2[C@@H](Cc3ccc(OC(=O)NCCN(C)C)cc3)C(=O)N(Cc3cccc4sc(N)nc34)C[C@@H]21. The van der Waals surface area contributed by atoms with E-state index in [1.54, 1.807) is 44.1 Å². The molecule has 2 aliphatic rings. The lowest BCUT2D eigenvalue weighted by Crippen LogP contribution is -2.66. The number of rotatable bonds is 12. The summed E-state index contributed by atoms with van der Waals surface area (Å²) in [5.74, 6) is -0.0983. The highest BCUT2D eigenvalue weighted by atomic mass is 32.1. The first-order chi connectivity index (χ1) is 25.0. The van der Waals surface area contributed by atoms with Gasteiger partial charge >= 0.3 is 12.1 Å². The van der Waals surface area contributed by atoms with Crippen molar-refractivity contribution in [2.24, 2.45) is 0 Å². The van der Waals surface area contributed by atoms with E-state index in [2.05, 4.69) is 15.6 Å². The van der Waals surface area contributed by atoms with Crippen LogP contribution in [0.2, 0.25) is 0 Å². The molecule has 2 aliphatic heterocycles. The third kappa shape index (κ3) is 8.27. The number of fused-ring (bicyclic) bond motifs is 2. The van der Waals surface area contributed by atoms with Crippen molar-refractivity contribution >= 4 is 50.6 Å². The highest BCUT2D eigenvalue weighted by Gasteiger charge is 2.52. The average molecular weight is 728 g/mol. The van der Waals surface area contributed by atoms with Gasteiger partial charge in [0.2, 0.25) is 11.8 Å². The summed E-state index contributed by atoms with van der Waals surface area (Å²) in [6.07, 6.45) is -0.942. The topological polar surface area (TPSA) is 157 Å². The summed E-state index contributed by atoms with van der Waals surface area (Å²) in [7, 11) is 3.83. The minimum absolute atomic E-state index is 0.0624. The number of piperazine rings is 1. The molecule has 4 aromatic rings. The summed E-state index contributed by atoms with van der Waals surface area (Å²) in [5, 5.41) is 9.54. The second kappa shape index (κ2) is 16.0. The van der Waals surface area contributed by atoms with Crippen LogP contribution in [0.15, 0.2) is 72.8 Å². The number of nitrogens with one attached hydrogen (secondary N) is 2. The normalized spacial score (nSPS) is 17.6. The third-order valence-corrected chi connectivity index (χ3v) is 9.95. The number of para-hydroxylation sites is 1. The van der Waals surface area contributed by atoms with Crippen LogP contribution < -0.4 is 21.1 Å². The van der Waals surface area contributed by atoms with Crippen LogP contribution in [-0.4, -0.2) is 112 Å². The molecule has 0 radical (unpaired) electrons. The standard InChI is InChI=1S/C37H45N9O5S/c1-24(2)46(36(49)40-20-26-9-6-5-7-10-26)44-23-32(47)45-29(19-25-13-15-28(16-14-25)51-37(50)39-17-18-42(3)4)34(48)43(22-31(44)45)21-27-11-8-12-30-33(27)41-35(38)52-30/h5-16,24,29,31H,17-23H2,1-4H3,(H2,38,41)(H,39,50)(H,40,49)/t29-,31+/m0/s1. The van der Waals surface area contributed by atoms with E-state index in [0.29, 0.717) is 30.5 Å². The van der Waals surface area contributed by atoms with E-state index in [0.717, 1.165) is 26.9 Å². The van der Waals surface area contributed by atoms with Crippen LogP contribution in [0, 0.1) is 0 Å². The predicted molar refractivity (Wildman–Crippen MR) is 199 cm³/mol. The van der Waals surface area contributed by atoms with Crippen LogP contribution in [0.3, 0.4) is 0 Å². The molecule has 2 saturated heterocycles. The fourth-order valence-electron chi connectivity index (χ4n) is 6.66. The van der Waals surface area contributed by atoms with Gasteiger partial charge in [0.25, 0.3) is 0 Å². The van der Waals surface area contributed by atoms with E-state index in [4.69, 9.17) is 10.5 Å². The molecule has 1 aromatic heterocycles. The van der Waals surface area contributed by atoms with Crippen molar-refractivity contribution < 1.29 is 23.9 Å². The summed E-state index contributed by atoms with van der Waals surface area (Å²) in [5.41, 5.74) is 9.36. The Morgan fingerprint density at radius 2 is 1.75 bits per heavy atom. The summed E-state index contributed by atoms with van der Waals surface area (Å²) in [6.45, 7) is 5.61. The molecule has 52 heavy (non-hydrogen) atoms. The number of nitrogen functional groups attached to an aromatic ring is 1. The Morgan fingerprint density at radius 1 is 1.00 bits per heavy atom. The molecule has 3 heterocycles. The molecule has 6 rings (SSSR count). The van der Waals surface area contributed by atoms with Gasteiger partial charge in [-0.3, -0.25) is 14.6 Å². The number of carbonyl (C=O) groups is 4. The molecule has 0 saturated carbocycles. The molecule has 0 unspecified atom stereocenters. The maximum absolute atomic E-state index is 14.4. The molecule has 15 heteroatoms. The van der Waals surface area contributed by atoms with Gasteiger partial charge in [-0.15, -0.1) is 0 Å². The molecule has 0 spiro atoms. The number of hydrazine groups is 1. The number of benzene rings is 3. The summed E-state index contributed by atoms with van der Waals surface area (Å²) in [4.78, 5) is 64.2. The van der Waals surface area contributed by atoms with E-state index in [-0.39, 0.29) is 49.9 Å². The van der Waals surface area contributed by atoms with E-state index in [1.807, 2.05) is 81.4 Å². The van der Waals surface area contributed by atoms with Crippen LogP contribution in [-0.2, 0) is 29.1 Å². The third-order valence-electron chi connectivity index (χ3n) is 9.10. The van der Waals surface area contributed by atoms with Crippen molar-refractivity contribution in [3.05, 3.63) is 89.5 Å². The monoisotopic (exact) mass is 727 g/mol. The van der Waals surface area contributed by atoms with Crippen LogP contribution in [0.25, 0.3) is 10.2 Å². The Hall–Kier alpha value is -5.25. The maximum atomic E-state index is 14.4. The minimum Gasteiger partial charge on any atom is -0.410 e. The van der Waals surface area contributed by atoms with Gasteiger partial charge in [0.1, 0.15) is 18.0 Å². The number of hydrogen-bond acceptors (Lipinski definition) is 10. The number of amides is 5. The lowest BCUT2D eigenvalue weighted by Gasteiger charge is -2.47. The van der Waals surface area contributed by atoms with Crippen LogP contribution >= 0.6 is 11.3 Å². The van der Waals surface area contributed by atoms with Gasteiger partial charge in [0, 0.05) is 38.6 Å². The van der Waals surface area contributed by atoms with E-state index < -0.39 is 18.3 Å². The highest BCUT2D eigenvalue weighted by Crippen LogP contribution is 2.33. The second-order valence-corrected chi connectivity index (χ2v) is 14.5. The number of aromatic nitrogens is 1. The zero-order valence-electron chi connectivity index (χ0n) is 29.8.